The summed E-state index contributed by atoms with van der Waals surface area (Å²) >= 11 is 3.36. The number of benzene rings is 1. The molecule has 0 aliphatic rings. The van der Waals surface area contributed by atoms with E-state index >= 15 is 0 Å². The van der Waals surface area contributed by atoms with Gasteiger partial charge in [-0.25, -0.2) is 0 Å². The van der Waals surface area contributed by atoms with Gasteiger partial charge in [0.15, 0.2) is 11.8 Å². The molecular weight excluding hydrogens is 300 g/mol. The maximum atomic E-state index is 11.7. The third kappa shape index (κ3) is 3.22. The SMILES string of the molecule is COC(OC)C(C)(Nc1cccc(Br)c1)C(N)=O. The molecule has 1 unspecified atom stereocenters. The first-order valence-electron chi connectivity index (χ1n) is 5.33. The van der Waals surface area contributed by atoms with Crippen molar-refractivity contribution in [1.82, 2.24) is 0 Å². The van der Waals surface area contributed by atoms with E-state index in [0.717, 1.165) is 10.2 Å². The smallest absolute Gasteiger partial charge is 0.248 e. The van der Waals surface area contributed by atoms with Gasteiger partial charge in [-0.15, -0.1) is 0 Å². The third-order valence-electron chi connectivity index (χ3n) is 2.64. The van der Waals surface area contributed by atoms with Gasteiger partial charge in [-0.2, -0.15) is 0 Å². The van der Waals surface area contributed by atoms with Crippen LogP contribution in [0.3, 0.4) is 0 Å². The summed E-state index contributed by atoms with van der Waals surface area (Å²) in [5.41, 5.74) is 5.01. The van der Waals surface area contributed by atoms with E-state index in [1.165, 1.54) is 14.2 Å². The summed E-state index contributed by atoms with van der Waals surface area (Å²) in [7, 11) is 2.91. The van der Waals surface area contributed by atoms with E-state index in [9.17, 15) is 4.79 Å². The van der Waals surface area contributed by atoms with Crippen LogP contribution in [-0.2, 0) is 14.3 Å². The van der Waals surface area contributed by atoms with Gasteiger partial charge in [-0.1, -0.05) is 22.0 Å². The Bertz CT molecular complexity index is 424. The maximum absolute atomic E-state index is 11.7. The number of nitrogens with two attached hydrogens (primary N) is 1. The molecule has 1 atom stereocenters. The van der Waals surface area contributed by atoms with E-state index in [2.05, 4.69) is 21.2 Å². The molecular formula is C12H17BrN2O3. The quantitative estimate of drug-likeness (QED) is 0.784. The number of methoxy groups -OCH3 is 2. The summed E-state index contributed by atoms with van der Waals surface area (Å²) in [6, 6.07) is 7.40. The van der Waals surface area contributed by atoms with Crippen LogP contribution < -0.4 is 11.1 Å². The summed E-state index contributed by atoms with van der Waals surface area (Å²) in [5, 5.41) is 3.04. The predicted octanol–water partition coefficient (Wildman–Crippen LogP) is 1.72. The average Bonchev–Trinajstić information content (AvgIpc) is 2.30. The molecule has 0 bridgehead atoms. The van der Waals surface area contributed by atoms with E-state index in [1.807, 2.05) is 24.3 Å². The van der Waals surface area contributed by atoms with Crippen molar-refractivity contribution in [3.8, 4) is 0 Å². The van der Waals surface area contributed by atoms with Crippen molar-refractivity contribution in [1.29, 1.82) is 0 Å². The number of ether oxygens (including phenoxy) is 2. The summed E-state index contributed by atoms with van der Waals surface area (Å²) in [6.07, 6.45) is -0.783. The van der Waals surface area contributed by atoms with Crippen LogP contribution in [0, 0.1) is 0 Å². The summed E-state index contributed by atoms with van der Waals surface area (Å²) < 4.78 is 11.2. The highest BCUT2D eigenvalue weighted by atomic mass is 79.9. The van der Waals surface area contributed by atoms with E-state index < -0.39 is 17.7 Å². The van der Waals surface area contributed by atoms with Gasteiger partial charge in [0.25, 0.3) is 0 Å². The first-order chi connectivity index (χ1) is 8.43. The first kappa shape index (κ1) is 14.9. The van der Waals surface area contributed by atoms with Crippen LogP contribution in [0.4, 0.5) is 5.69 Å². The Kier molecular flexibility index (Phi) is 5.13. The van der Waals surface area contributed by atoms with Gasteiger partial charge in [0.05, 0.1) is 0 Å². The second-order valence-electron chi connectivity index (χ2n) is 4.01. The van der Waals surface area contributed by atoms with Crippen LogP contribution in [0.15, 0.2) is 28.7 Å². The van der Waals surface area contributed by atoms with Crippen molar-refractivity contribution in [2.24, 2.45) is 5.73 Å². The summed E-state index contributed by atoms with van der Waals surface area (Å²) in [4.78, 5) is 11.7. The molecule has 6 heteroatoms. The van der Waals surface area contributed by atoms with Gasteiger partial charge in [0.1, 0.15) is 0 Å². The van der Waals surface area contributed by atoms with Crippen LogP contribution in [0.1, 0.15) is 6.92 Å². The molecule has 0 saturated heterocycles. The molecule has 0 spiro atoms. The number of carbonyl (C=O) groups excluding carboxylic acids is 1. The minimum absolute atomic E-state index is 0.559. The van der Waals surface area contributed by atoms with Crippen LogP contribution >= 0.6 is 15.9 Å². The van der Waals surface area contributed by atoms with Crippen molar-refractivity contribution in [3.05, 3.63) is 28.7 Å². The molecule has 1 aromatic carbocycles. The van der Waals surface area contributed by atoms with Gasteiger partial charge in [-0.05, 0) is 25.1 Å². The lowest BCUT2D eigenvalue weighted by Crippen LogP contribution is -2.57. The maximum Gasteiger partial charge on any atom is 0.248 e. The van der Waals surface area contributed by atoms with Gasteiger partial charge in [-0.3, -0.25) is 4.79 Å². The molecule has 3 N–H and O–H groups in total. The monoisotopic (exact) mass is 316 g/mol. The van der Waals surface area contributed by atoms with Crippen LogP contribution in [0.25, 0.3) is 0 Å². The van der Waals surface area contributed by atoms with Gasteiger partial charge in [0, 0.05) is 24.4 Å². The molecule has 100 valence electrons. The lowest BCUT2D eigenvalue weighted by atomic mass is 10.00. The zero-order valence-electron chi connectivity index (χ0n) is 10.6. The summed E-state index contributed by atoms with van der Waals surface area (Å²) in [5.74, 6) is -0.559. The molecule has 0 heterocycles. The predicted molar refractivity (Wildman–Crippen MR) is 73.2 cm³/mol. The number of hydrogen-bond acceptors (Lipinski definition) is 4. The number of rotatable bonds is 6. The first-order valence-corrected chi connectivity index (χ1v) is 6.12. The molecule has 0 aromatic heterocycles. The molecule has 0 fully saturated rings. The number of halogens is 1. The number of anilines is 1. The fraction of sp³-hybridized carbons (Fsp3) is 0.417. The zero-order valence-corrected chi connectivity index (χ0v) is 12.2. The van der Waals surface area contributed by atoms with Crippen molar-refractivity contribution < 1.29 is 14.3 Å². The van der Waals surface area contributed by atoms with Gasteiger partial charge in [0.2, 0.25) is 5.91 Å². The van der Waals surface area contributed by atoms with Gasteiger partial charge >= 0.3 is 0 Å². The van der Waals surface area contributed by atoms with Crippen LogP contribution in [0.2, 0.25) is 0 Å². The summed E-state index contributed by atoms with van der Waals surface area (Å²) in [6.45, 7) is 1.63. The fourth-order valence-electron chi connectivity index (χ4n) is 1.67. The largest absolute Gasteiger partial charge is 0.367 e. The molecule has 0 aliphatic heterocycles. The second kappa shape index (κ2) is 6.17. The molecule has 0 saturated carbocycles. The normalized spacial score (nSPS) is 14.3. The molecule has 1 aromatic rings. The standard InChI is InChI=1S/C12H17BrN2O3/c1-12(10(14)16,11(17-2)18-3)15-9-6-4-5-8(13)7-9/h4-7,11,15H,1-3H3,(H2,14,16). The lowest BCUT2D eigenvalue weighted by Gasteiger charge is -2.34. The Morgan fingerprint density at radius 3 is 2.50 bits per heavy atom. The molecule has 5 nitrogen and oxygen atoms in total. The van der Waals surface area contributed by atoms with Crippen LogP contribution in [-0.4, -0.2) is 32.0 Å². The topological polar surface area (TPSA) is 73.6 Å². The van der Waals surface area contributed by atoms with Gasteiger partial charge < -0.3 is 20.5 Å². The Balaban J connectivity index is 3.03. The Morgan fingerprint density at radius 2 is 2.06 bits per heavy atom. The number of primary amides is 1. The number of carbonyl (C=O) groups is 1. The van der Waals surface area contributed by atoms with Crippen molar-refractivity contribution in [3.63, 3.8) is 0 Å². The average molecular weight is 317 g/mol. The number of hydrogen-bond donors (Lipinski definition) is 2. The highest BCUT2D eigenvalue weighted by Gasteiger charge is 2.41. The zero-order chi connectivity index (χ0) is 13.8. The van der Waals surface area contributed by atoms with E-state index in [-0.39, 0.29) is 0 Å². The fourth-order valence-corrected chi connectivity index (χ4v) is 2.07. The molecule has 0 radical (unpaired) electrons. The van der Waals surface area contributed by atoms with Crippen molar-refractivity contribution >= 4 is 27.5 Å². The van der Waals surface area contributed by atoms with Crippen molar-refractivity contribution in [2.45, 2.75) is 18.8 Å². The second-order valence-corrected chi connectivity index (χ2v) is 4.92. The molecule has 1 amide bonds. The van der Waals surface area contributed by atoms with Crippen molar-refractivity contribution in [2.75, 3.05) is 19.5 Å². The third-order valence-corrected chi connectivity index (χ3v) is 3.13. The molecule has 18 heavy (non-hydrogen) atoms. The number of amides is 1. The van der Waals surface area contributed by atoms with E-state index in [0.29, 0.717) is 0 Å². The molecule has 1 rings (SSSR count). The highest BCUT2D eigenvalue weighted by Crippen LogP contribution is 2.23. The Hall–Kier alpha value is -1.11. The van der Waals surface area contributed by atoms with E-state index in [4.69, 9.17) is 15.2 Å². The Labute approximate surface area is 115 Å². The van der Waals surface area contributed by atoms with Crippen LogP contribution in [0.5, 0.6) is 0 Å². The minimum atomic E-state index is -1.16. The van der Waals surface area contributed by atoms with E-state index in [1.54, 1.807) is 6.92 Å². The molecule has 0 aliphatic carbocycles. The minimum Gasteiger partial charge on any atom is -0.367 e. The Morgan fingerprint density at radius 1 is 1.44 bits per heavy atom. The lowest BCUT2D eigenvalue weighted by molar-refractivity contribution is -0.155. The highest BCUT2D eigenvalue weighted by molar-refractivity contribution is 9.10. The number of nitrogens with one attached hydrogen (secondary N) is 1.